The number of fused-ring (bicyclic) bond motifs is 1. The van der Waals surface area contributed by atoms with E-state index in [9.17, 15) is 18.0 Å². The zero-order valence-electron chi connectivity index (χ0n) is 12.8. The first-order chi connectivity index (χ1) is 11.4. The summed E-state index contributed by atoms with van der Waals surface area (Å²) >= 11 is 0. The molecular weight excluding hydrogens is 319 g/mol. The van der Waals surface area contributed by atoms with Crippen LogP contribution in [0.2, 0.25) is 0 Å². The molecule has 0 radical (unpaired) electrons. The minimum absolute atomic E-state index is 0.200. The monoisotopic (exact) mass is 335 g/mol. The van der Waals surface area contributed by atoms with E-state index in [1.165, 1.54) is 17.3 Å². The number of anilines is 1. The van der Waals surface area contributed by atoms with Gasteiger partial charge in [0.2, 0.25) is 0 Å². The van der Waals surface area contributed by atoms with Crippen LogP contribution in [0.25, 0.3) is 0 Å². The molecule has 2 aromatic rings. The number of carbonyl (C=O) groups is 1. The molecule has 0 bridgehead atoms. The van der Waals surface area contributed by atoms with E-state index in [1.54, 1.807) is 12.1 Å². The summed E-state index contributed by atoms with van der Waals surface area (Å²) in [6, 6.07) is 11.7. The van der Waals surface area contributed by atoms with Crippen molar-refractivity contribution in [2.75, 3.05) is 11.4 Å². The summed E-state index contributed by atoms with van der Waals surface area (Å²) in [4.78, 5) is 17.2. The number of pyridine rings is 1. The van der Waals surface area contributed by atoms with Gasteiger partial charge in [-0.05, 0) is 29.2 Å². The van der Waals surface area contributed by atoms with Crippen molar-refractivity contribution in [2.24, 2.45) is 0 Å². The molecule has 126 valence electrons. The highest BCUT2D eigenvalue weighted by Gasteiger charge is 2.38. The number of benzene rings is 1. The van der Waals surface area contributed by atoms with E-state index in [4.69, 9.17) is 0 Å². The van der Waals surface area contributed by atoms with Crippen LogP contribution in [0, 0.1) is 0 Å². The summed E-state index contributed by atoms with van der Waals surface area (Å²) in [5.74, 6) is -1.17. The molecule has 0 unspecified atom stereocenters. The predicted molar refractivity (Wildman–Crippen MR) is 83.3 cm³/mol. The van der Waals surface area contributed by atoms with E-state index < -0.39 is 12.1 Å². The standard InChI is InChI=1S/C17H16F3N3O/c18-17(19,20)16(24)22-10-12-5-6-15(21-9-12)23-8-7-13-3-1-2-4-14(13)11-23/h1-6,9H,7-8,10-11H2,(H,22,24). The van der Waals surface area contributed by atoms with Crippen LogP contribution in [0.3, 0.4) is 0 Å². The van der Waals surface area contributed by atoms with Crippen LogP contribution in [0.5, 0.6) is 0 Å². The van der Waals surface area contributed by atoms with Crippen molar-refractivity contribution in [3.05, 3.63) is 59.3 Å². The quantitative estimate of drug-likeness (QED) is 0.938. The Morgan fingerprint density at radius 3 is 2.58 bits per heavy atom. The van der Waals surface area contributed by atoms with Crippen molar-refractivity contribution in [2.45, 2.75) is 25.7 Å². The third-order valence-corrected chi connectivity index (χ3v) is 3.97. The van der Waals surface area contributed by atoms with Crippen molar-refractivity contribution >= 4 is 11.7 Å². The van der Waals surface area contributed by atoms with Gasteiger partial charge < -0.3 is 10.2 Å². The summed E-state index contributed by atoms with van der Waals surface area (Å²) in [5, 5.41) is 1.83. The smallest absolute Gasteiger partial charge is 0.352 e. The second kappa shape index (κ2) is 6.51. The molecule has 1 N–H and O–H groups in total. The molecule has 0 fully saturated rings. The molecule has 0 saturated heterocycles. The van der Waals surface area contributed by atoms with E-state index in [-0.39, 0.29) is 6.54 Å². The van der Waals surface area contributed by atoms with E-state index >= 15 is 0 Å². The largest absolute Gasteiger partial charge is 0.471 e. The van der Waals surface area contributed by atoms with Gasteiger partial charge in [-0.2, -0.15) is 13.2 Å². The summed E-state index contributed by atoms with van der Waals surface area (Å²) < 4.78 is 36.4. The van der Waals surface area contributed by atoms with Crippen molar-refractivity contribution in [1.29, 1.82) is 0 Å². The molecule has 1 aliphatic rings. The van der Waals surface area contributed by atoms with E-state index in [0.717, 1.165) is 25.3 Å². The molecular formula is C17H16F3N3O. The predicted octanol–water partition coefficient (Wildman–Crippen LogP) is 2.82. The minimum atomic E-state index is -4.87. The van der Waals surface area contributed by atoms with Crippen molar-refractivity contribution in [3.8, 4) is 0 Å². The highest BCUT2D eigenvalue weighted by molar-refractivity contribution is 5.81. The van der Waals surface area contributed by atoms with E-state index in [0.29, 0.717) is 5.56 Å². The van der Waals surface area contributed by atoms with Gasteiger partial charge in [-0.25, -0.2) is 4.98 Å². The third-order valence-electron chi connectivity index (χ3n) is 3.97. The highest BCUT2D eigenvalue weighted by Crippen LogP contribution is 2.23. The van der Waals surface area contributed by atoms with E-state index in [1.807, 2.05) is 17.4 Å². The summed E-state index contributed by atoms with van der Waals surface area (Å²) in [6.45, 7) is 1.40. The first-order valence-electron chi connectivity index (χ1n) is 7.55. The topological polar surface area (TPSA) is 45.2 Å². The minimum Gasteiger partial charge on any atom is -0.352 e. The zero-order chi connectivity index (χ0) is 17.2. The van der Waals surface area contributed by atoms with Gasteiger partial charge in [0.05, 0.1) is 0 Å². The van der Waals surface area contributed by atoms with Crippen LogP contribution >= 0.6 is 0 Å². The Balaban J connectivity index is 1.62. The van der Waals surface area contributed by atoms with Crippen LogP contribution in [-0.4, -0.2) is 23.6 Å². The van der Waals surface area contributed by atoms with Gasteiger partial charge in [-0.15, -0.1) is 0 Å². The fourth-order valence-electron chi connectivity index (χ4n) is 2.68. The number of nitrogens with zero attached hydrogens (tertiary/aromatic N) is 2. The number of amides is 1. The lowest BCUT2D eigenvalue weighted by Gasteiger charge is -2.29. The first kappa shape index (κ1) is 16.3. The van der Waals surface area contributed by atoms with Crippen LogP contribution in [-0.2, 0) is 24.3 Å². The molecule has 24 heavy (non-hydrogen) atoms. The van der Waals surface area contributed by atoms with Gasteiger partial charge in [0, 0.05) is 25.8 Å². The van der Waals surface area contributed by atoms with Crippen molar-refractivity contribution < 1.29 is 18.0 Å². The molecule has 0 spiro atoms. The van der Waals surface area contributed by atoms with Gasteiger partial charge in [-0.1, -0.05) is 30.3 Å². The van der Waals surface area contributed by atoms with Gasteiger partial charge in [0.1, 0.15) is 5.82 Å². The average molecular weight is 335 g/mol. The molecule has 0 aliphatic carbocycles. The summed E-state index contributed by atoms with van der Waals surface area (Å²) in [6.07, 6.45) is -2.44. The van der Waals surface area contributed by atoms with E-state index in [2.05, 4.69) is 22.0 Å². The maximum absolute atomic E-state index is 12.1. The number of halogens is 3. The molecule has 1 aromatic carbocycles. The Bertz CT molecular complexity index is 729. The number of aromatic nitrogens is 1. The Morgan fingerprint density at radius 1 is 1.17 bits per heavy atom. The van der Waals surface area contributed by atoms with Gasteiger partial charge in [0.25, 0.3) is 0 Å². The molecule has 2 heterocycles. The molecule has 1 aliphatic heterocycles. The number of alkyl halides is 3. The molecule has 1 aromatic heterocycles. The summed E-state index contributed by atoms with van der Waals surface area (Å²) in [7, 11) is 0. The molecule has 0 atom stereocenters. The Hall–Kier alpha value is -2.57. The number of carbonyl (C=O) groups excluding carboxylic acids is 1. The first-order valence-corrected chi connectivity index (χ1v) is 7.55. The number of hydrogen-bond acceptors (Lipinski definition) is 3. The normalized spacial score (nSPS) is 14.2. The average Bonchev–Trinajstić information content (AvgIpc) is 2.59. The molecule has 4 nitrogen and oxygen atoms in total. The lowest BCUT2D eigenvalue weighted by Crippen LogP contribution is -2.36. The Kier molecular flexibility index (Phi) is 4.42. The summed E-state index contributed by atoms with van der Waals surface area (Å²) in [5.41, 5.74) is 3.11. The maximum atomic E-state index is 12.1. The second-order valence-corrected chi connectivity index (χ2v) is 5.65. The van der Waals surface area contributed by atoms with Crippen molar-refractivity contribution in [3.63, 3.8) is 0 Å². The molecule has 0 saturated carbocycles. The third kappa shape index (κ3) is 3.67. The number of hydrogen-bond donors (Lipinski definition) is 1. The van der Waals surface area contributed by atoms with Crippen LogP contribution in [0.1, 0.15) is 16.7 Å². The number of nitrogens with one attached hydrogen (secondary N) is 1. The fourth-order valence-corrected chi connectivity index (χ4v) is 2.68. The molecule has 3 rings (SSSR count). The Labute approximate surface area is 137 Å². The maximum Gasteiger partial charge on any atom is 0.471 e. The zero-order valence-corrected chi connectivity index (χ0v) is 12.8. The SMILES string of the molecule is O=C(NCc1ccc(N2CCc3ccccc3C2)nc1)C(F)(F)F. The fraction of sp³-hybridized carbons (Fsp3) is 0.294. The highest BCUT2D eigenvalue weighted by atomic mass is 19.4. The second-order valence-electron chi connectivity index (χ2n) is 5.65. The van der Waals surface area contributed by atoms with Crippen LogP contribution < -0.4 is 10.2 Å². The lowest BCUT2D eigenvalue weighted by molar-refractivity contribution is -0.173. The van der Waals surface area contributed by atoms with Gasteiger partial charge >= 0.3 is 12.1 Å². The number of rotatable bonds is 3. The molecule has 1 amide bonds. The molecule has 7 heteroatoms. The van der Waals surface area contributed by atoms with Crippen molar-refractivity contribution in [1.82, 2.24) is 10.3 Å². The Morgan fingerprint density at radius 2 is 1.92 bits per heavy atom. The van der Waals surface area contributed by atoms with Gasteiger partial charge in [0.15, 0.2) is 0 Å². The van der Waals surface area contributed by atoms with Crippen LogP contribution in [0.4, 0.5) is 19.0 Å². The lowest BCUT2D eigenvalue weighted by atomic mass is 10.00. The van der Waals surface area contributed by atoms with Gasteiger partial charge in [-0.3, -0.25) is 4.79 Å². The van der Waals surface area contributed by atoms with Crippen LogP contribution in [0.15, 0.2) is 42.6 Å².